The summed E-state index contributed by atoms with van der Waals surface area (Å²) >= 11 is 0. The minimum Gasteiger partial charge on any atom is -0.435 e. The molecule has 0 bridgehead atoms. The summed E-state index contributed by atoms with van der Waals surface area (Å²) in [7, 11) is 1.69. The molecule has 0 atom stereocenters. The van der Waals surface area contributed by atoms with Crippen molar-refractivity contribution in [3.63, 3.8) is 0 Å². The molecule has 4 nitrogen and oxygen atoms in total. The first-order valence-electron chi connectivity index (χ1n) is 6.21. The second-order valence-corrected chi connectivity index (χ2v) is 4.24. The van der Waals surface area contributed by atoms with Crippen LogP contribution in [0.4, 0.5) is 14.5 Å². The van der Waals surface area contributed by atoms with Gasteiger partial charge in [0.2, 0.25) is 0 Å². The average molecular weight is 292 g/mol. The molecule has 0 saturated carbocycles. The SMILES string of the molecule is CN(NC(=O)c1cccc(OC(F)F)c1)c1ccccc1. The van der Waals surface area contributed by atoms with Crippen LogP contribution in [-0.2, 0) is 0 Å². The van der Waals surface area contributed by atoms with E-state index in [2.05, 4.69) is 10.2 Å². The molecule has 110 valence electrons. The Morgan fingerprint density at radius 3 is 2.52 bits per heavy atom. The zero-order valence-electron chi connectivity index (χ0n) is 11.3. The van der Waals surface area contributed by atoms with E-state index in [0.29, 0.717) is 0 Å². The molecule has 0 fully saturated rings. The lowest BCUT2D eigenvalue weighted by molar-refractivity contribution is -0.0498. The van der Waals surface area contributed by atoms with Crippen molar-refractivity contribution in [2.24, 2.45) is 0 Å². The highest BCUT2D eigenvalue weighted by Gasteiger charge is 2.11. The third-order valence-corrected chi connectivity index (χ3v) is 2.73. The quantitative estimate of drug-likeness (QED) is 0.861. The van der Waals surface area contributed by atoms with Crippen molar-refractivity contribution in [1.29, 1.82) is 0 Å². The normalized spacial score (nSPS) is 10.3. The maximum Gasteiger partial charge on any atom is 0.387 e. The summed E-state index contributed by atoms with van der Waals surface area (Å²) in [6.07, 6.45) is 0. The average Bonchev–Trinajstić information content (AvgIpc) is 2.47. The van der Waals surface area contributed by atoms with Gasteiger partial charge in [0.15, 0.2) is 0 Å². The van der Waals surface area contributed by atoms with Crippen LogP contribution in [0.5, 0.6) is 5.75 Å². The molecule has 2 aromatic carbocycles. The van der Waals surface area contributed by atoms with Crippen LogP contribution in [0.1, 0.15) is 10.4 Å². The lowest BCUT2D eigenvalue weighted by atomic mass is 10.2. The fourth-order valence-corrected chi connectivity index (χ4v) is 1.75. The predicted molar refractivity (Wildman–Crippen MR) is 75.4 cm³/mol. The van der Waals surface area contributed by atoms with Crippen molar-refractivity contribution in [2.45, 2.75) is 6.61 Å². The zero-order valence-corrected chi connectivity index (χ0v) is 11.3. The lowest BCUT2D eigenvalue weighted by Crippen LogP contribution is -2.39. The van der Waals surface area contributed by atoms with Gasteiger partial charge < -0.3 is 4.74 Å². The Kier molecular flexibility index (Phi) is 4.71. The number of benzene rings is 2. The summed E-state index contributed by atoms with van der Waals surface area (Å²) in [5.74, 6) is -0.471. The summed E-state index contributed by atoms with van der Waals surface area (Å²) in [5, 5.41) is 1.54. The second-order valence-electron chi connectivity index (χ2n) is 4.24. The Balaban J connectivity index is 2.06. The molecule has 1 amide bonds. The number of ether oxygens (including phenoxy) is 1. The molecule has 2 rings (SSSR count). The molecule has 0 aromatic heterocycles. The van der Waals surface area contributed by atoms with E-state index in [1.54, 1.807) is 12.1 Å². The van der Waals surface area contributed by atoms with E-state index in [4.69, 9.17) is 0 Å². The Morgan fingerprint density at radius 2 is 1.86 bits per heavy atom. The number of hydrogen-bond acceptors (Lipinski definition) is 3. The van der Waals surface area contributed by atoms with E-state index in [0.717, 1.165) is 5.69 Å². The number of anilines is 1. The summed E-state index contributed by atoms with van der Waals surface area (Å²) in [6, 6.07) is 14.8. The molecular weight excluding hydrogens is 278 g/mol. The van der Waals surface area contributed by atoms with Gasteiger partial charge >= 0.3 is 6.61 Å². The van der Waals surface area contributed by atoms with Gasteiger partial charge in [-0.1, -0.05) is 24.3 Å². The summed E-state index contributed by atoms with van der Waals surface area (Å²) in [5.41, 5.74) is 3.67. The summed E-state index contributed by atoms with van der Waals surface area (Å²) in [6.45, 7) is -2.92. The summed E-state index contributed by atoms with van der Waals surface area (Å²) < 4.78 is 28.6. The third kappa shape index (κ3) is 4.17. The van der Waals surface area contributed by atoms with E-state index in [1.807, 2.05) is 30.3 Å². The van der Waals surface area contributed by atoms with Gasteiger partial charge in [0, 0.05) is 12.6 Å². The number of nitrogens with zero attached hydrogens (tertiary/aromatic N) is 1. The molecular formula is C15H14F2N2O2. The molecule has 0 saturated heterocycles. The van der Waals surface area contributed by atoms with Gasteiger partial charge in [0.1, 0.15) is 5.75 Å². The topological polar surface area (TPSA) is 41.6 Å². The van der Waals surface area contributed by atoms with Gasteiger partial charge in [-0.15, -0.1) is 0 Å². The van der Waals surface area contributed by atoms with E-state index < -0.39 is 12.5 Å². The molecule has 0 unspecified atom stereocenters. The molecule has 0 heterocycles. The van der Waals surface area contributed by atoms with Crippen LogP contribution >= 0.6 is 0 Å². The van der Waals surface area contributed by atoms with E-state index in [9.17, 15) is 13.6 Å². The van der Waals surface area contributed by atoms with Gasteiger partial charge in [-0.2, -0.15) is 8.78 Å². The molecule has 0 spiro atoms. The van der Waals surface area contributed by atoms with Crippen molar-refractivity contribution >= 4 is 11.6 Å². The minimum atomic E-state index is -2.92. The van der Waals surface area contributed by atoms with Crippen LogP contribution in [0.2, 0.25) is 0 Å². The standard InChI is InChI=1S/C15H14F2N2O2/c1-19(12-7-3-2-4-8-12)18-14(20)11-6-5-9-13(10-11)21-15(16)17/h2-10,15H,1H3,(H,18,20). The monoisotopic (exact) mass is 292 g/mol. The van der Waals surface area contributed by atoms with Crippen LogP contribution in [0.15, 0.2) is 54.6 Å². The van der Waals surface area contributed by atoms with Gasteiger partial charge in [-0.25, -0.2) is 0 Å². The first-order chi connectivity index (χ1) is 10.1. The number of alkyl halides is 2. The molecule has 21 heavy (non-hydrogen) atoms. The number of nitrogens with one attached hydrogen (secondary N) is 1. The maximum atomic E-state index is 12.2. The molecule has 1 N–H and O–H groups in total. The van der Waals surface area contributed by atoms with Crippen LogP contribution in [0, 0.1) is 0 Å². The van der Waals surface area contributed by atoms with Crippen molar-refractivity contribution in [3.05, 3.63) is 60.2 Å². The van der Waals surface area contributed by atoms with E-state index in [1.165, 1.54) is 24.3 Å². The van der Waals surface area contributed by atoms with Crippen LogP contribution in [0.25, 0.3) is 0 Å². The number of carbonyl (C=O) groups excluding carboxylic acids is 1. The van der Waals surface area contributed by atoms with E-state index in [-0.39, 0.29) is 11.3 Å². The summed E-state index contributed by atoms with van der Waals surface area (Å²) in [4.78, 5) is 12.1. The van der Waals surface area contributed by atoms with Crippen LogP contribution in [0.3, 0.4) is 0 Å². The molecule has 6 heteroatoms. The van der Waals surface area contributed by atoms with Crippen molar-refractivity contribution in [1.82, 2.24) is 5.43 Å². The first-order valence-corrected chi connectivity index (χ1v) is 6.21. The van der Waals surface area contributed by atoms with Crippen LogP contribution in [-0.4, -0.2) is 19.6 Å². The van der Waals surface area contributed by atoms with Crippen molar-refractivity contribution in [2.75, 3.05) is 12.1 Å². The van der Waals surface area contributed by atoms with Gasteiger partial charge in [0.05, 0.1) is 5.69 Å². The molecule has 2 aromatic rings. The van der Waals surface area contributed by atoms with Gasteiger partial charge in [0.25, 0.3) is 5.91 Å². The first kappa shape index (κ1) is 14.8. The fourth-order valence-electron chi connectivity index (χ4n) is 1.75. The van der Waals surface area contributed by atoms with Crippen LogP contribution < -0.4 is 15.2 Å². The highest BCUT2D eigenvalue weighted by molar-refractivity contribution is 5.95. The number of hydrogen-bond donors (Lipinski definition) is 1. The van der Waals surface area contributed by atoms with E-state index >= 15 is 0 Å². The van der Waals surface area contributed by atoms with Gasteiger partial charge in [-0.3, -0.25) is 15.2 Å². The molecule has 0 aliphatic rings. The third-order valence-electron chi connectivity index (χ3n) is 2.73. The smallest absolute Gasteiger partial charge is 0.387 e. The predicted octanol–water partition coefficient (Wildman–Crippen LogP) is 3.07. The maximum absolute atomic E-state index is 12.2. The number of halogens is 2. The number of para-hydroxylation sites is 1. The minimum absolute atomic E-state index is 0.0555. The second kappa shape index (κ2) is 6.69. The Morgan fingerprint density at radius 1 is 1.14 bits per heavy atom. The largest absolute Gasteiger partial charge is 0.435 e. The highest BCUT2D eigenvalue weighted by atomic mass is 19.3. The van der Waals surface area contributed by atoms with Gasteiger partial charge in [-0.05, 0) is 30.3 Å². The number of carbonyl (C=O) groups is 1. The Bertz CT molecular complexity index is 606. The molecule has 0 aliphatic carbocycles. The highest BCUT2D eigenvalue weighted by Crippen LogP contribution is 2.16. The molecule has 0 aliphatic heterocycles. The zero-order chi connectivity index (χ0) is 15.2. The Labute approximate surface area is 120 Å². The lowest BCUT2D eigenvalue weighted by Gasteiger charge is -2.20. The molecule has 0 radical (unpaired) electrons. The number of hydrazine groups is 1. The fraction of sp³-hybridized carbons (Fsp3) is 0.133. The number of rotatable bonds is 5. The van der Waals surface area contributed by atoms with Crippen molar-refractivity contribution in [3.8, 4) is 5.75 Å². The van der Waals surface area contributed by atoms with Crippen molar-refractivity contribution < 1.29 is 18.3 Å². The Hall–Kier alpha value is -2.63. The number of amides is 1.